The van der Waals surface area contributed by atoms with E-state index in [1.54, 1.807) is 12.0 Å². The number of para-hydroxylation sites is 1. The minimum atomic E-state index is -1.20. The van der Waals surface area contributed by atoms with Crippen molar-refractivity contribution < 1.29 is 24.5 Å². The number of aliphatic hydroxyl groups is 2. The highest BCUT2D eigenvalue weighted by molar-refractivity contribution is 7.14. The number of ketones is 1. The van der Waals surface area contributed by atoms with Crippen molar-refractivity contribution in [1.82, 2.24) is 4.90 Å². The third-order valence-corrected chi connectivity index (χ3v) is 11.4. The number of nitrogens with one attached hydrogen (secondary N) is 1. The Balaban J connectivity index is 1.55. The second-order valence-corrected chi connectivity index (χ2v) is 15.0. The Morgan fingerprint density at radius 1 is 1.06 bits per heavy atom. The Morgan fingerprint density at radius 3 is 2.57 bits per heavy atom. The number of rotatable bonds is 9. The Kier molecular flexibility index (Phi) is 11.4. The molecule has 7 nitrogen and oxygen atoms in total. The van der Waals surface area contributed by atoms with Crippen LogP contribution in [0.3, 0.4) is 0 Å². The number of nitrogens with zero attached hydrogens (tertiary/aromatic N) is 1. The maximum Gasteiger partial charge on any atom is 0.321 e. The van der Waals surface area contributed by atoms with Crippen LogP contribution in [0.1, 0.15) is 96.0 Å². The molecule has 0 radical (unpaired) electrons. The highest BCUT2D eigenvalue weighted by Gasteiger charge is 2.57. The predicted octanol–water partition coefficient (Wildman–Crippen LogP) is 7.90. The fourth-order valence-electron chi connectivity index (χ4n) is 7.58. The van der Waals surface area contributed by atoms with Gasteiger partial charge >= 0.3 is 6.03 Å². The summed E-state index contributed by atoms with van der Waals surface area (Å²) in [6.07, 6.45) is 6.93. The molecule has 252 valence electrons. The highest BCUT2D eigenvalue weighted by atomic mass is 32.1. The van der Waals surface area contributed by atoms with Crippen LogP contribution >= 0.6 is 11.3 Å². The maximum absolute atomic E-state index is 14.2. The van der Waals surface area contributed by atoms with Gasteiger partial charge in [0, 0.05) is 41.8 Å². The van der Waals surface area contributed by atoms with Gasteiger partial charge in [-0.05, 0) is 113 Å². The van der Waals surface area contributed by atoms with Crippen molar-refractivity contribution in [1.29, 1.82) is 0 Å². The van der Waals surface area contributed by atoms with Crippen LogP contribution < -0.4 is 5.32 Å². The number of methoxy groups -OCH3 is 1. The SMILES string of the molecule is COCCCN(C[C@]1(O)CC[C@H]2c3ccc(cc3C(=O)c3ccc(C)s3)C[C@@H](O)CCC(C)=CCC[C@@]21C)C(=O)Nc1ccccc1. The Hall–Kier alpha value is -3.30. The van der Waals surface area contributed by atoms with Crippen molar-refractivity contribution >= 4 is 28.8 Å². The van der Waals surface area contributed by atoms with Gasteiger partial charge in [-0.2, -0.15) is 0 Å². The van der Waals surface area contributed by atoms with E-state index in [4.69, 9.17) is 4.74 Å². The summed E-state index contributed by atoms with van der Waals surface area (Å²) in [5.41, 5.74) is 2.62. The average molecular weight is 659 g/mol. The molecule has 2 aromatic carbocycles. The number of urea groups is 1. The van der Waals surface area contributed by atoms with E-state index in [1.807, 2.05) is 61.5 Å². The molecule has 3 aliphatic rings. The average Bonchev–Trinajstić information content (AvgIpc) is 3.59. The molecular weight excluding hydrogens is 609 g/mol. The molecule has 0 saturated heterocycles. The number of hydrogen-bond donors (Lipinski definition) is 3. The highest BCUT2D eigenvalue weighted by Crippen LogP contribution is 2.59. The molecular formula is C39H50N2O5S. The number of amides is 2. The van der Waals surface area contributed by atoms with Gasteiger partial charge in [-0.15, -0.1) is 11.3 Å². The van der Waals surface area contributed by atoms with E-state index in [0.29, 0.717) is 67.8 Å². The van der Waals surface area contributed by atoms with E-state index < -0.39 is 17.1 Å². The van der Waals surface area contributed by atoms with Gasteiger partial charge in [0.05, 0.1) is 23.1 Å². The van der Waals surface area contributed by atoms with Crippen molar-refractivity contribution in [2.75, 3.05) is 32.1 Å². The minimum absolute atomic E-state index is 0.0153. The number of allylic oxidation sites excluding steroid dienone is 2. The summed E-state index contributed by atoms with van der Waals surface area (Å²) in [4.78, 5) is 31.4. The molecule has 3 N–H and O–H groups in total. The summed E-state index contributed by atoms with van der Waals surface area (Å²) >= 11 is 1.49. The second-order valence-electron chi connectivity index (χ2n) is 13.8. The molecule has 6 rings (SSSR count). The van der Waals surface area contributed by atoms with Gasteiger partial charge in [0.15, 0.2) is 0 Å². The van der Waals surface area contributed by atoms with Gasteiger partial charge in [-0.25, -0.2) is 4.79 Å². The number of anilines is 1. The number of fused-ring (bicyclic) bond motifs is 8. The lowest BCUT2D eigenvalue weighted by molar-refractivity contribution is -0.0767. The van der Waals surface area contributed by atoms with Gasteiger partial charge in [0.1, 0.15) is 0 Å². The number of aryl methyl sites for hydroxylation is 1. The first-order valence-corrected chi connectivity index (χ1v) is 17.7. The number of hydrogen-bond acceptors (Lipinski definition) is 6. The van der Waals surface area contributed by atoms with Gasteiger partial charge in [0.2, 0.25) is 5.78 Å². The standard InChI is InChI=1S/C39H50N2O5S/c1-27-10-8-20-38(3)34(19-21-39(38,45)26-41(22-9-23-46-4)37(44)40-30-11-6-5-7-12-30)32-17-15-29(24-31(42)16-13-27)25-33(32)36(43)35-18-14-28(2)47-35/h5-7,10-12,14-15,17-18,25,31,34,42,45H,8-9,13,16,19-24,26H2,1-4H3,(H,40,44)/t31-,34-,38-,39+/m0/s1. The van der Waals surface area contributed by atoms with E-state index in [-0.39, 0.29) is 24.3 Å². The molecule has 3 aliphatic carbocycles. The van der Waals surface area contributed by atoms with Crippen molar-refractivity contribution in [3.63, 3.8) is 0 Å². The minimum Gasteiger partial charge on any atom is -0.393 e. The van der Waals surface area contributed by atoms with Crippen LogP contribution in [0.4, 0.5) is 10.5 Å². The molecule has 1 saturated carbocycles. The largest absolute Gasteiger partial charge is 0.393 e. The van der Waals surface area contributed by atoms with Crippen molar-refractivity contribution in [2.45, 2.75) is 89.8 Å². The molecule has 0 aliphatic heterocycles. The molecule has 47 heavy (non-hydrogen) atoms. The topological polar surface area (TPSA) is 99.1 Å². The molecule has 1 heterocycles. The quantitative estimate of drug-likeness (QED) is 0.123. The smallest absolute Gasteiger partial charge is 0.321 e. The molecule has 4 atom stereocenters. The normalized spacial score (nSPS) is 24.7. The van der Waals surface area contributed by atoms with Crippen LogP contribution in [0.25, 0.3) is 0 Å². The number of carbonyl (C=O) groups excluding carboxylic acids is 2. The third-order valence-electron chi connectivity index (χ3n) is 10.4. The summed E-state index contributed by atoms with van der Waals surface area (Å²) < 4.78 is 5.32. The van der Waals surface area contributed by atoms with Gasteiger partial charge in [-0.1, -0.05) is 48.9 Å². The third kappa shape index (κ3) is 8.06. The van der Waals surface area contributed by atoms with Crippen molar-refractivity contribution in [3.05, 3.63) is 98.8 Å². The number of aliphatic hydroxyl groups excluding tert-OH is 1. The number of thiophene rings is 1. The van der Waals surface area contributed by atoms with Crippen LogP contribution in [0.15, 0.2) is 72.3 Å². The Bertz CT molecular complexity index is 1570. The molecule has 2 bridgehead atoms. The monoisotopic (exact) mass is 658 g/mol. The summed E-state index contributed by atoms with van der Waals surface area (Å²) in [5.74, 6) is -0.125. The fraction of sp³-hybridized carbons (Fsp3) is 0.487. The number of benzene rings is 2. The van der Waals surface area contributed by atoms with Crippen LogP contribution in [0.5, 0.6) is 0 Å². The Morgan fingerprint density at radius 2 is 1.85 bits per heavy atom. The zero-order chi connectivity index (χ0) is 33.6. The van der Waals surface area contributed by atoms with Crippen LogP contribution in [0.2, 0.25) is 0 Å². The first-order valence-electron chi connectivity index (χ1n) is 16.9. The molecule has 8 heteroatoms. The van der Waals surface area contributed by atoms with E-state index in [0.717, 1.165) is 28.8 Å². The lowest BCUT2D eigenvalue weighted by Crippen LogP contribution is -2.54. The number of ether oxygens (including phenoxy) is 1. The lowest BCUT2D eigenvalue weighted by atomic mass is 9.64. The van der Waals surface area contributed by atoms with Gasteiger partial charge in [0.25, 0.3) is 0 Å². The maximum atomic E-state index is 14.2. The zero-order valence-electron chi connectivity index (χ0n) is 28.3. The van der Waals surface area contributed by atoms with E-state index >= 15 is 0 Å². The lowest BCUT2D eigenvalue weighted by Gasteiger charge is -2.46. The van der Waals surface area contributed by atoms with Gasteiger partial charge < -0.3 is 25.2 Å². The van der Waals surface area contributed by atoms with Crippen molar-refractivity contribution in [2.24, 2.45) is 5.41 Å². The summed E-state index contributed by atoms with van der Waals surface area (Å²) in [6.45, 7) is 7.38. The fourth-order valence-corrected chi connectivity index (χ4v) is 8.40. The second kappa shape index (κ2) is 15.3. The summed E-state index contributed by atoms with van der Waals surface area (Å²) in [7, 11) is 1.65. The summed E-state index contributed by atoms with van der Waals surface area (Å²) in [6, 6.07) is 19.1. The molecule has 2 amide bonds. The van der Waals surface area contributed by atoms with E-state index in [2.05, 4.69) is 31.3 Å². The van der Waals surface area contributed by atoms with E-state index in [1.165, 1.54) is 16.9 Å². The van der Waals surface area contributed by atoms with Gasteiger partial charge in [-0.3, -0.25) is 4.79 Å². The first kappa shape index (κ1) is 35.0. The van der Waals surface area contributed by atoms with Crippen LogP contribution in [0, 0.1) is 12.3 Å². The molecule has 1 aromatic heterocycles. The number of carbonyl (C=O) groups is 2. The van der Waals surface area contributed by atoms with E-state index in [9.17, 15) is 19.8 Å². The molecule has 0 unspecified atom stereocenters. The Labute approximate surface area is 283 Å². The molecule has 1 fully saturated rings. The van der Waals surface area contributed by atoms with Crippen molar-refractivity contribution in [3.8, 4) is 0 Å². The predicted molar refractivity (Wildman–Crippen MR) is 189 cm³/mol. The molecule has 0 spiro atoms. The van der Waals surface area contributed by atoms with Crippen LogP contribution in [-0.2, 0) is 11.2 Å². The molecule has 3 aromatic rings. The first-order chi connectivity index (χ1) is 22.5. The van der Waals surface area contributed by atoms with Crippen LogP contribution in [-0.4, -0.2) is 65.4 Å². The zero-order valence-corrected chi connectivity index (χ0v) is 29.1. The summed E-state index contributed by atoms with van der Waals surface area (Å²) in [5, 5.41) is 26.7.